The molecule has 0 aromatic carbocycles. The van der Waals surface area contributed by atoms with Crippen molar-refractivity contribution in [2.45, 2.75) is 50.4 Å². The van der Waals surface area contributed by atoms with Gasteiger partial charge >= 0.3 is 0 Å². The highest BCUT2D eigenvalue weighted by Crippen LogP contribution is 2.29. The van der Waals surface area contributed by atoms with Gasteiger partial charge in [0.15, 0.2) is 0 Å². The Morgan fingerprint density at radius 2 is 1.95 bits per heavy atom. The summed E-state index contributed by atoms with van der Waals surface area (Å²) in [7, 11) is 0.187. The third-order valence-electron chi connectivity index (χ3n) is 3.43. The van der Waals surface area contributed by atoms with Crippen LogP contribution in [-0.2, 0) is 16.6 Å². The fourth-order valence-corrected chi connectivity index (χ4v) is 5.38. The number of nitrogens with one attached hydrogen (secondary N) is 1. The molecule has 1 N–H and O–H groups in total. The number of thiophene rings is 1. The minimum atomic E-state index is -3.36. The molecule has 0 spiro atoms. The molecule has 1 heterocycles. The largest absolute Gasteiger partial charge is 0.315 e. The van der Waals surface area contributed by atoms with Crippen LogP contribution in [0.1, 0.15) is 37.1 Å². The third-order valence-corrected chi connectivity index (χ3v) is 7.02. The van der Waals surface area contributed by atoms with E-state index in [1.165, 1.54) is 15.6 Å². The van der Waals surface area contributed by atoms with E-state index in [0.29, 0.717) is 10.8 Å². The van der Waals surface area contributed by atoms with E-state index in [1.807, 2.05) is 27.8 Å². The van der Waals surface area contributed by atoms with Crippen molar-refractivity contribution in [1.82, 2.24) is 9.62 Å². The smallest absolute Gasteiger partial charge is 0.252 e. The van der Waals surface area contributed by atoms with Gasteiger partial charge in [0.25, 0.3) is 10.0 Å². The average Bonchev–Trinajstić information content (AvgIpc) is 2.73. The Bertz CT molecular complexity index is 505. The van der Waals surface area contributed by atoms with Gasteiger partial charge in [-0.15, -0.1) is 11.3 Å². The minimum absolute atomic E-state index is 0.0696. The summed E-state index contributed by atoms with van der Waals surface area (Å²) in [4.78, 5) is 1.08. The van der Waals surface area contributed by atoms with Gasteiger partial charge < -0.3 is 5.32 Å². The first-order chi connectivity index (χ1) is 8.88. The summed E-state index contributed by atoms with van der Waals surface area (Å²) in [6, 6.07) is 1.85. The first-order valence-electron chi connectivity index (χ1n) is 6.60. The van der Waals surface area contributed by atoms with Crippen LogP contribution in [0.15, 0.2) is 10.3 Å². The van der Waals surface area contributed by atoms with Crippen LogP contribution in [0.2, 0.25) is 0 Å². The summed E-state index contributed by atoms with van der Waals surface area (Å²) >= 11 is 1.37. The van der Waals surface area contributed by atoms with Gasteiger partial charge in [-0.2, -0.15) is 4.31 Å². The second-order valence-electron chi connectivity index (χ2n) is 4.69. The molecule has 0 amide bonds. The molecule has 0 aliphatic carbocycles. The van der Waals surface area contributed by atoms with Crippen LogP contribution in [0.4, 0.5) is 0 Å². The number of aryl methyl sites for hydroxylation is 1. The molecule has 0 bridgehead atoms. The molecule has 0 saturated carbocycles. The van der Waals surface area contributed by atoms with Crippen molar-refractivity contribution < 1.29 is 8.42 Å². The van der Waals surface area contributed by atoms with E-state index in [1.54, 1.807) is 13.1 Å². The zero-order valence-corrected chi connectivity index (χ0v) is 14.0. The number of hydrogen-bond acceptors (Lipinski definition) is 4. The molecule has 0 radical (unpaired) electrons. The van der Waals surface area contributed by atoms with Crippen molar-refractivity contribution in [3.63, 3.8) is 0 Å². The second-order valence-corrected chi connectivity index (χ2v) is 8.05. The number of sulfonamides is 1. The molecule has 19 heavy (non-hydrogen) atoms. The maximum Gasteiger partial charge on any atom is 0.252 e. The van der Waals surface area contributed by atoms with Gasteiger partial charge in [-0.25, -0.2) is 8.42 Å². The molecule has 6 heteroatoms. The van der Waals surface area contributed by atoms with E-state index >= 15 is 0 Å². The quantitative estimate of drug-likeness (QED) is 0.842. The first-order valence-corrected chi connectivity index (χ1v) is 8.86. The Labute approximate surface area is 120 Å². The van der Waals surface area contributed by atoms with Crippen LogP contribution in [0.25, 0.3) is 0 Å². The summed E-state index contributed by atoms with van der Waals surface area (Å²) in [5.41, 5.74) is 1.04. The Balaban J connectivity index is 3.09. The molecule has 110 valence electrons. The van der Waals surface area contributed by atoms with Gasteiger partial charge in [-0.05, 0) is 38.4 Å². The molecule has 0 unspecified atom stereocenters. The first kappa shape index (κ1) is 16.6. The fraction of sp³-hybridized carbons (Fsp3) is 0.692. The highest BCUT2D eigenvalue weighted by Gasteiger charge is 2.28. The van der Waals surface area contributed by atoms with Gasteiger partial charge in [0.2, 0.25) is 0 Å². The van der Waals surface area contributed by atoms with Crippen molar-refractivity contribution in [3.05, 3.63) is 16.5 Å². The van der Waals surface area contributed by atoms with Crippen molar-refractivity contribution in [1.29, 1.82) is 0 Å². The average molecular weight is 304 g/mol. The van der Waals surface area contributed by atoms with E-state index in [9.17, 15) is 8.42 Å². The van der Waals surface area contributed by atoms with Crippen LogP contribution in [0.5, 0.6) is 0 Å². The van der Waals surface area contributed by atoms with Gasteiger partial charge in [-0.1, -0.05) is 13.8 Å². The van der Waals surface area contributed by atoms with Crippen molar-refractivity contribution in [2.24, 2.45) is 0 Å². The highest BCUT2D eigenvalue weighted by molar-refractivity contribution is 7.91. The maximum atomic E-state index is 12.6. The van der Waals surface area contributed by atoms with Crippen LogP contribution in [-0.4, -0.2) is 32.9 Å². The van der Waals surface area contributed by atoms with Gasteiger partial charge in [0.1, 0.15) is 4.21 Å². The molecule has 4 nitrogen and oxygen atoms in total. The van der Waals surface area contributed by atoms with Crippen LogP contribution in [0, 0.1) is 6.92 Å². The van der Waals surface area contributed by atoms with E-state index in [2.05, 4.69) is 5.32 Å². The standard InChI is InChI=1S/C13H24N2O2S2/c1-6-11(7-2)15(5)19(16,17)13-8-10(3)12(18-13)9-14-4/h8,11,14H,6-7,9H2,1-5H3. The van der Waals surface area contributed by atoms with Crippen LogP contribution < -0.4 is 5.32 Å². The van der Waals surface area contributed by atoms with Crippen molar-refractivity contribution >= 4 is 21.4 Å². The van der Waals surface area contributed by atoms with E-state index in [-0.39, 0.29) is 6.04 Å². The molecular weight excluding hydrogens is 280 g/mol. The lowest BCUT2D eigenvalue weighted by molar-refractivity contribution is 0.350. The summed E-state index contributed by atoms with van der Waals surface area (Å²) in [5.74, 6) is 0. The number of nitrogens with zero attached hydrogens (tertiary/aromatic N) is 1. The Morgan fingerprint density at radius 1 is 1.37 bits per heavy atom. The summed E-state index contributed by atoms with van der Waals surface area (Å²) in [6.07, 6.45) is 1.67. The second kappa shape index (κ2) is 6.83. The molecule has 1 aromatic rings. The molecule has 1 rings (SSSR count). The predicted octanol–water partition coefficient (Wildman–Crippen LogP) is 2.59. The topological polar surface area (TPSA) is 49.4 Å². The third kappa shape index (κ3) is 3.56. The minimum Gasteiger partial charge on any atom is -0.315 e. The van der Waals surface area contributed by atoms with Crippen molar-refractivity contribution in [2.75, 3.05) is 14.1 Å². The summed E-state index contributed by atoms with van der Waals surface area (Å²) < 4.78 is 27.1. The summed E-state index contributed by atoms with van der Waals surface area (Å²) in [5, 5.41) is 3.07. The number of hydrogen-bond donors (Lipinski definition) is 1. The number of rotatable bonds is 7. The van der Waals surface area contributed by atoms with Gasteiger partial charge in [-0.3, -0.25) is 0 Å². The van der Waals surface area contributed by atoms with E-state index in [4.69, 9.17) is 0 Å². The molecule has 0 fully saturated rings. The lowest BCUT2D eigenvalue weighted by Gasteiger charge is -2.24. The molecule has 0 aliphatic heterocycles. The van der Waals surface area contributed by atoms with Crippen LogP contribution >= 0.6 is 11.3 Å². The monoisotopic (exact) mass is 304 g/mol. The molecule has 0 atom stereocenters. The van der Waals surface area contributed by atoms with E-state index in [0.717, 1.165) is 23.3 Å². The SMILES string of the molecule is CCC(CC)N(C)S(=O)(=O)c1cc(C)c(CNC)s1. The van der Waals surface area contributed by atoms with E-state index < -0.39 is 10.0 Å². The molecule has 1 aromatic heterocycles. The molecule has 0 saturated heterocycles. The fourth-order valence-electron chi connectivity index (χ4n) is 2.09. The van der Waals surface area contributed by atoms with Crippen molar-refractivity contribution in [3.8, 4) is 0 Å². The Morgan fingerprint density at radius 3 is 2.42 bits per heavy atom. The molecular formula is C13H24N2O2S2. The Kier molecular flexibility index (Phi) is 5.98. The van der Waals surface area contributed by atoms with Gasteiger partial charge in [0.05, 0.1) is 0 Å². The summed E-state index contributed by atoms with van der Waals surface area (Å²) in [6.45, 7) is 6.71. The lowest BCUT2D eigenvalue weighted by atomic mass is 10.2. The maximum absolute atomic E-state index is 12.6. The zero-order chi connectivity index (χ0) is 14.6. The highest BCUT2D eigenvalue weighted by atomic mass is 32.2. The Hall–Kier alpha value is -0.430. The van der Waals surface area contributed by atoms with Crippen LogP contribution in [0.3, 0.4) is 0 Å². The predicted molar refractivity (Wildman–Crippen MR) is 81.1 cm³/mol. The zero-order valence-electron chi connectivity index (χ0n) is 12.4. The normalized spacial score (nSPS) is 12.6. The lowest BCUT2D eigenvalue weighted by Crippen LogP contribution is -2.35. The van der Waals surface area contributed by atoms with Gasteiger partial charge in [0, 0.05) is 24.5 Å². The molecule has 0 aliphatic rings.